The molecule has 0 unspecified atom stereocenters. The molecule has 1 aliphatic heterocycles. The fourth-order valence-electron chi connectivity index (χ4n) is 2.74. The van der Waals surface area contributed by atoms with Crippen molar-refractivity contribution in [2.24, 2.45) is 5.11 Å². The van der Waals surface area contributed by atoms with Crippen LogP contribution in [0.1, 0.15) is 13.8 Å². The highest BCUT2D eigenvalue weighted by atomic mass is 32.2. The van der Waals surface area contributed by atoms with E-state index in [2.05, 4.69) is 10.0 Å². The van der Waals surface area contributed by atoms with Crippen LogP contribution in [0, 0.1) is 0 Å². The van der Waals surface area contributed by atoms with Crippen molar-refractivity contribution < 1.29 is 28.5 Å². The number of carbonyl (C=O) groups excluding carboxylic acids is 2. The van der Waals surface area contributed by atoms with Crippen molar-refractivity contribution in [1.82, 2.24) is 0 Å². The summed E-state index contributed by atoms with van der Waals surface area (Å²) in [5.74, 6) is -1.07. The van der Waals surface area contributed by atoms with E-state index in [1.807, 2.05) is 30.3 Å². The summed E-state index contributed by atoms with van der Waals surface area (Å²) in [7, 11) is 1.46. The molecule has 27 heavy (non-hydrogen) atoms. The lowest BCUT2D eigenvalue weighted by Crippen LogP contribution is -2.59. The first-order valence-electron chi connectivity index (χ1n) is 8.21. The van der Waals surface area contributed by atoms with E-state index in [1.54, 1.807) is 0 Å². The minimum atomic E-state index is -0.949. The molecular weight excluding hydrogens is 374 g/mol. The van der Waals surface area contributed by atoms with Gasteiger partial charge >= 0.3 is 11.9 Å². The number of ether oxygens (including phenoxy) is 4. The number of methoxy groups -OCH3 is 1. The maximum absolute atomic E-state index is 11.5. The van der Waals surface area contributed by atoms with Crippen molar-refractivity contribution >= 4 is 23.7 Å². The minimum absolute atomic E-state index is 0.146. The van der Waals surface area contributed by atoms with Crippen LogP contribution >= 0.6 is 11.8 Å². The van der Waals surface area contributed by atoms with Crippen molar-refractivity contribution in [2.45, 2.75) is 48.5 Å². The predicted octanol–water partition coefficient (Wildman–Crippen LogP) is 2.69. The average Bonchev–Trinajstić information content (AvgIpc) is 2.63. The average molecular weight is 395 g/mol. The third kappa shape index (κ3) is 5.86. The molecule has 10 heteroatoms. The standard InChI is InChI=1S/C17H21N3O6S/c1-10(21)24-9-13-15(25-11(2)22)14(19-20-18)16(23-3)17(26-13)27-12-7-5-4-6-8-12/h4-8,13-17H,9H2,1-3H3/t13-,14+,15+,16-,17+/m1/s1. The summed E-state index contributed by atoms with van der Waals surface area (Å²) in [4.78, 5) is 26.6. The summed E-state index contributed by atoms with van der Waals surface area (Å²) < 4.78 is 21.9. The Hall–Kier alpha value is -2.26. The molecule has 1 aromatic carbocycles. The SMILES string of the molecule is CO[C@@H]1[C@@H](N=[N+]=[N-])[C@@H](OC(C)=O)[C@@H](COC(C)=O)O[C@H]1Sc1ccccc1. The lowest BCUT2D eigenvalue weighted by atomic mass is 9.97. The molecule has 2 rings (SSSR count). The van der Waals surface area contributed by atoms with Crippen LogP contribution in [-0.2, 0) is 28.5 Å². The number of nitrogens with zero attached hydrogens (tertiary/aromatic N) is 3. The van der Waals surface area contributed by atoms with E-state index in [-0.39, 0.29) is 6.61 Å². The van der Waals surface area contributed by atoms with Gasteiger partial charge in [-0.1, -0.05) is 35.1 Å². The Morgan fingerprint density at radius 3 is 2.48 bits per heavy atom. The summed E-state index contributed by atoms with van der Waals surface area (Å²) in [5, 5.41) is 3.78. The Bertz CT molecular complexity index is 697. The van der Waals surface area contributed by atoms with E-state index in [9.17, 15) is 9.59 Å². The summed E-state index contributed by atoms with van der Waals surface area (Å²) >= 11 is 1.37. The quantitative estimate of drug-likeness (QED) is 0.301. The molecule has 1 aliphatic rings. The van der Waals surface area contributed by atoms with Gasteiger partial charge in [-0.2, -0.15) is 0 Å². The van der Waals surface area contributed by atoms with E-state index >= 15 is 0 Å². The molecular formula is C17H21N3O6S. The molecule has 5 atom stereocenters. The minimum Gasteiger partial charge on any atom is -0.463 e. The van der Waals surface area contributed by atoms with Gasteiger partial charge < -0.3 is 18.9 Å². The zero-order valence-electron chi connectivity index (χ0n) is 15.2. The Kier molecular flexibility index (Phi) is 7.93. The van der Waals surface area contributed by atoms with E-state index in [4.69, 9.17) is 24.5 Å². The second-order valence-electron chi connectivity index (χ2n) is 5.75. The first-order valence-corrected chi connectivity index (χ1v) is 9.09. The fourth-order valence-corrected chi connectivity index (χ4v) is 3.92. The van der Waals surface area contributed by atoms with E-state index in [0.717, 1.165) is 4.90 Å². The van der Waals surface area contributed by atoms with Crippen LogP contribution < -0.4 is 0 Å². The number of benzene rings is 1. The van der Waals surface area contributed by atoms with Crippen molar-refractivity contribution in [3.05, 3.63) is 40.8 Å². The number of carbonyl (C=O) groups is 2. The van der Waals surface area contributed by atoms with Crippen LogP contribution in [-0.4, -0.2) is 55.4 Å². The molecule has 1 fully saturated rings. The molecule has 0 N–H and O–H groups in total. The number of azide groups is 1. The van der Waals surface area contributed by atoms with E-state index < -0.39 is 41.7 Å². The van der Waals surface area contributed by atoms with Gasteiger partial charge in [0.25, 0.3) is 0 Å². The normalized spacial score (nSPS) is 27.3. The molecule has 1 aromatic rings. The maximum atomic E-state index is 11.5. The molecule has 146 valence electrons. The number of hydrogen-bond donors (Lipinski definition) is 0. The first-order chi connectivity index (χ1) is 13.0. The summed E-state index contributed by atoms with van der Waals surface area (Å²) in [6.45, 7) is 2.36. The smallest absolute Gasteiger partial charge is 0.303 e. The zero-order chi connectivity index (χ0) is 19.8. The molecule has 0 bridgehead atoms. The molecule has 0 aliphatic carbocycles. The lowest BCUT2D eigenvalue weighted by Gasteiger charge is -2.43. The molecule has 0 spiro atoms. The van der Waals surface area contributed by atoms with Crippen LogP contribution in [0.25, 0.3) is 10.4 Å². The second kappa shape index (κ2) is 10.2. The predicted molar refractivity (Wildman–Crippen MR) is 96.9 cm³/mol. The van der Waals surface area contributed by atoms with Gasteiger partial charge in [0.1, 0.15) is 36.4 Å². The van der Waals surface area contributed by atoms with Gasteiger partial charge in [0.05, 0.1) is 0 Å². The first kappa shape index (κ1) is 21.0. The van der Waals surface area contributed by atoms with Crippen molar-refractivity contribution in [1.29, 1.82) is 0 Å². The number of esters is 2. The highest BCUT2D eigenvalue weighted by molar-refractivity contribution is 7.99. The Labute approximate surface area is 160 Å². The van der Waals surface area contributed by atoms with Crippen LogP contribution in [0.5, 0.6) is 0 Å². The topological polar surface area (TPSA) is 120 Å². The van der Waals surface area contributed by atoms with Gasteiger partial charge in [-0.25, -0.2) is 0 Å². The second-order valence-corrected chi connectivity index (χ2v) is 6.92. The number of thioether (sulfide) groups is 1. The van der Waals surface area contributed by atoms with Crippen LogP contribution in [0.2, 0.25) is 0 Å². The van der Waals surface area contributed by atoms with Gasteiger partial charge in [0.15, 0.2) is 0 Å². The van der Waals surface area contributed by atoms with Gasteiger partial charge in [-0.05, 0) is 17.7 Å². The summed E-state index contributed by atoms with van der Waals surface area (Å²) in [6, 6.07) is 8.62. The summed E-state index contributed by atoms with van der Waals surface area (Å²) in [6.07, 6.45) is -2.43. The fraction of sp³-hybridized carbons (Fsp3) is 0.529. The third-order valence-corrected chi connectivity index (χ3v) is 4.98. The monoisotopic (exact) mass is 395 g/mol. The highest BCUT2D eigenvalue weighted by Crippen LogP contribution is 2.37. The Morgan fingerprint density at radius 1 is 1.22 bits per heavy atom. The van der Waals surface area contributed by atoms with Crippen molar-refractivity contribution in [3.63, 3.8) is 0 Å². The molecule has 0 radical (unpaired) electrons. The largest absolute Gasteiger partial charge is 0.463 e. The molecule has 1 heterocycles. The molecule has 9 nitrogen and oxygen atoms in total. The lowest BCUT2D eigenvalue weighted by molar-refractivity contribution is -0.196. The third-order valence-electron chi connectivity index (χ3n) is 3.82. The van der Waals surface area contributed by atoms with E-state index in [0.29, 0.717) is 0 Å². The molecule has 1 saturated heterocycles. The highest BCUT2D eigenvalue weighted by Gasteiger charge is 2.48. The van der Waals surface area contributed by atoms with Crippen LogP contribution in [0.3, 0.4) is 0 Å². The Balaban J connectivity index is 2.32. The maximum Gasteiger partial charge on any atom is 0.303 e. The van der Waals surface area contributed by atoms with E-state index in [1.165, 1.54) is 32.7 Å². The van der Waals surface area contributed by atoms with Gasteiger partial charge in [-0.3, -0.25) is 9.59 Å². The molecule has 0 amide bonds. The zero-order valence-corrected chi connectivity index (χ0v) is 16.0. The van der Waals surface area contributed by atoms with Gasteiger partial charge in [-0.15, -0.1) is 0 Å². The van der Waals surface area contributed by atoms with Crippen LogP contribution in [0.15, 0.2) is 40.3 Å². The Morgan fingerprint density at radius 2 is 1.93 bits per heavy atom. The number of hydrogen-bond acceptors (Lipinski definition) is 8. The summed E-state index contributed by atoms with van der Waals surface area (Å²) in [5.41, 5.74) is 8.42. The van der Waals surface area contributed by atoms with Crippen molar-refractivity contribution in [3.8, 4) is 0 Å². The van der Waals surface area contributed by atoms with Gasteiger partial charge in [0.2, 0.25) is 0 Å². The molecule has 0 saturated carbocycles. The van der Waals surface area contributed by atoms with Crippen LogP contribution in [0.4, 0.5) is 0 Å². The molecule has 0 aromatic heterocycles. The van der Waals surface area contributed by atoms with Gasteiger partial charge in [0, 0.05) is 30.8 Å². The number of rotatable bonds is 7. The van der Waals surface area contributed by atoms with Crippen molar-refractivity contribution in [2.75, 3.05) is 13.7 Å².